The van der Waals surface area contributed by atoms with Crippen LogP contribution in [0.1, 0.15) is 13.8 Å². The van der Waals surface area contributed by atoms with E-state index in [0.717, 1.165) is 10.6 Å². The summed E-state index contributed by atoms with van der Waals surface area (Å²) < 4.78 is 23.4. The third-order valence-electron chi connectivity index (χ3n) is 3.24. The van der Waals surface area contributed by atoms with Crippen LogP contribution in [-0.4, -0.2) is 35.8 Å². The van der Waals surface area contributed by atoms with Gasteiger partial charge in [-0.2, -0.15) is 0 Å². The van der Waals surface area contributed by atoms with Gasteiger partial charge >= 0.3 is 0 Å². The van der Waals surface area contributed by atoms with Crippen LogP contribution >= 0.6 is 0 Å². The second kappa shape index (κ2) is 5.71. The van der Waals surface area contributed by atoms with E-state index in [9.17, 15) is 4.21 Å². The molecule has 1 aliphatic heterocycles. The van der Waals surface area contributed by atoms with E-state index in [4.69, 9.17) is 9.47 Å². The van der Waals surface area contributed by atoms with Crippen LogP contribution in [0.2, 0.25) is 0 Å². The Morgan fingerprint density at radius 3 is 2.56 bits per heavy atom. The zero-order chi connectivity index (χ0) is 13.1. The van der Waals surface area contributed by atoms with Crippen molar-refractivity contribution in [1.29, 1.82) is 0 Å². The van der Waals surface area contributed by atoms with Crippen molar-refractivity contribution in [2.45, 2.75) is 30.0 Å². The summed E-state index contributed by atoms with van der Waals surface area (Å²) in [6.45, 7) is 5.13. The molecular weight excluding hydrogens is 250 g/mol. The van der Waals surface area contributed by atoms with Crippen LogP contribution in [0.15, 0.2) is 23.1 Å². The van der Waals surface area contributed by atoms with Crippen molar-refractivity contribution in [1.82, 2.24) is 5.32 Å². The fraction of sp³-hybridized carbons (Fsp3) is 0.538. The molecule has 0 saturated carbocycles. The maximum atomic E-state index is 12.4. The lowest BCUT2D eigenvalue weighted by atomic mass is 10.3. The number of fused-ring (bicyclic) bond motifs is 1. The van der Waals surface area contributed by atoms with Gasteiger partial charge in [0.1, 0.15) is 13.2 Å². The van der Waals surface area contributed by atoms with Crippen LogP contribution in [0.5, 0.6) is 11.5 Å². The largest absolute Gasteiger partial charge is 0.486 e. The first kappa shape index (κ1) is 13.4. The molecule has 3 atom stereocenters. The summed E-state index contributed by atoms with van der Waals surface area (Å²) in [6, 6.07) is 5.70. The lowest BCUT2D eigenvalue weighted by Gasteiger charge is -2.21. The Morgan fingerprint density at radius 2 is 1.89 bits per heavy atom. The Hall–Kier alpha value is -1.07. The molecule has 0 amide bonds. The number of nitrogens with one attached hydrogen (secondary N) is 1. The van der Waals surface area contributed by atoms with Gasteiger partial charge in [0.2, 0.25) is 0 Å². The van der Waals surface area contributed by atoms with E-state index in [0.29, 0.717) is 19.0 Å². The highest BCUT2D eigenvalue weighted by molar-refractivity contribution is 7.85. The highest BCUT2D eigenvalue weighted by atomic mass is 32.2. The van der Waals surface area contributed by atoms with Crippen molar-refractivity contribution in [3.8, 4) is 11.5 Å². The normalized spacial score (nSPS) is 19.1. The SMILES string of the molecule is CNC(C)C(C)S(=O)c1ccc2c(c1)OCCO2. The minimum Gasteiger partial charge on any atom is -0.486 e. The molecule has 2 rings (SSSR count). The van der Waals surface area contributed by atoms with Crippen molar-refractivity contribution >= 4 is 10.8 Å². The number of benzene rings is 1. The summed E-state index contributed by atoms with van der Waals surface area (Å²) in [7, 11) is 0.823. The monoisotopic (exact) mass is 269 g/mol. The van der Waals surface area contributed by atoms with Crippen molar-refractivity contribution in [2.24, 2.45) is 0 Å². The van der Waals surface area contributed by atoms with Crippen LogP contribution in [0.4, 0.5) is 0 Å². The number of rotatable bonds is 4. The third-order valence-corrected chi connectivity index (χ3v) is 5.05. The highest BCUT2D eigenvalue weighted by Crippen LogP contribution is 2.32. The van der Waals surface area contributed by atoms with E-state index in [1.54, 1.807) is 0 Å². The Labute approximate surface area is 110 Å². The van der Waals surface area contributed by atoms with Gasteiger partial charge in [0.25, 0.3) is 0 Å². The Balaban J connectivity index is 2.20. The number of hydrogen-bond acceptors (Lipinski definition) is 4. The maximum Gasteiger partial charge on any atom is 0.162 e. The van der Waals surface area contributed by atoms with Crippen LogP contribution in [0.3, 0.4) is 0 Å². The molecule has 0 radical (unpaired) electrons. The van der Waals surface area contributed by atoms with E-state index in [-0.39, 0.29) is 11.3 Å². The molecule has 5 heteroatoms. The Kier molecular flexibility index (Phi) is 4.24. The van der Waals surface area contributed by atoms with Gasteiger partial charge in [-0.25, -0.2) is 0 Å². The summed E-state index contributed by atoms with van der Waals surface area (Å²) in [5, 5.41) is 3.17. The van der Waals surface area contributed by atoms with Gasteiger partial charge < -0.3 is 14.8 Å². The Bertz CT molecular complexity index is 450. The molecule has 0 aliphatic carbocycles. The summed E-state index contributed by atoms with van der Waals surface area (Å²) >= 11 is 0. The fourth-order valence-corrected chi connectivity index (χ4v) is 3.15. The average molecular weight is 269 g/mol. The predicted octanol–water partition coefficient (Wildman–Crippen LogP) is 1.56. The molecule has 3 unspecified atom stereocenters. The minimum absolute atomic E-state index is 0.0394. The standard InChI is InChI=1S/C13H19NO3S/c1-9(14-3)10(2)18(15)11-4-5-12-13(8-11)17-7-6-16-12/h4-5,8-10,14H,6-7H2,1-3H3. The first-order valence-electron chi connectivity index (χ1n) is 6.11. The second-order valence-corrected chi connectivity index (χ2v) is 6.20. The second-order valence-electron chi connectivity index (χ2n) is 4.39. The molecule has 1 aliphatic rings. The maximum absolute atomic E-state index is 12.4. The summed E-state index contributed by atoms with van der Waals surface area (Å²) in [4.78, 5) is 0.786. The summed E-state index contributed by atoms with van der Waals surface area (Å²) in [6.07, 6.45) is 0. The molecule has 4 nitrogen and oxygen atoms in total. The van der Waals surface area contributed by atoms with Crippen molar-refractivity contribution < 1.29 is 13.7 Å². The topological polar surface area (TPSA) is 47.6 Å². The van der Waals surface area contributed by atoms with Crippen molar-refractivity contribution in [3.63, 3.8) is 0 Å². The van der Waals surface area contributed by atoms with Crippen molar-refractivity contribution in [2.75, 3.05) is 20.3 Å². The summed E-state index contributed by atoms with van der Waals surface area (Å²) in [5.41, 5.74) is 0. The van der Waals surface area contributed by atoms with Gasteiger partial charge in [0.05, 0.1) is 16.0 Å². The van der Waals surface area contributed by atoms with Crippen LogP contribution in [0, 0.1) is 0 Å². The van der Waals surface area contributed by atoms with Gasteiger partial charge in [-0.05, 0) is 33.0 Å². The molecule has 0 aromatic heterocycles. The van der Waals surface area contributed by atoms with E-state index in [1.165, 1.54) is 0 Å². The Morgan fingerprint density at radius 1 is 1.22 bits per heavy atom. The van der Waals surface area contributed by atoms with Gasteiger partial charge in [-0.1, -0.05) is 0 Å². The minimum atomic E-state index is -1.05. The number of hydrogen-bond donors (Lipinski definition) is 1. The lowest BCUT2D eigenvalue weighted by molar-refractivity contribution is 0.171. The van der Waals surface area contributed by atoms with Crippen molar-refractivity contribution in [3.05, 3.63) is 18.2 Å². The molecule has 1 aromatic rings. The molecule has 1 aromatic carbocycles. The average Bonchev–Trinajstić information content (AvgIpc) is 2.44. The zero-order valence-electron chi connectivity index (χ0n) is 10.9. The molecule has 0 bridgehead atoms. The molecule has 1 heterocycles. The molecule has 18 heavy (non-hydrogen) atoms. The van der Waals surface area contributed by atoms with Crippen LogP contribution < -0.4 is 14.8 Å². The smallest absolute Gasteiger partial charge is 0.162 e. The molecule has 0 fully saturated rings. The van der Waals surface area contributed by atoms with E-state index >= 15 is 0 Å². The fourth-order valence-electron chi connectivity index (χ4n) is 1.78. The molecule has 100 valence electrons. The summed E-state index contributed by atoms with van der Waals surface area (Å²) in [5.74, 6) is 1.42. The quantitative estimate of drug-likeness (QED) is 0.901. The predicted molar refractivity (Wildman–Crippen MR) is 71.8 cm³/mol. The van der Waals surface area contributed by atoms with Gasteiger partial charge in [-0.15, -0.1) is 0 Å². The number of ether oxygens (including phenoxy) is 2. The van der Waals surface area contributed by atoms with Crippen LogP contribution in [-0.2, 0) is 10.8 Å². The first-order chi connectivity index (χ1) is 8.63. The lowest BCUT2D eigenvalue weighted by Crippen LogP contribution is -2.35. The molecule has 0 saturated heterocycles. The zero-order valence-corrected chi connectivity index (χ0v) is 11.8. The van der Waals surface area contributed by atoms with E-state index in [1.807, 2.05) is 39.1 Å². The van der Waals surface area contributed by atoms with E-state index < -0.39 is 10.8 Å². The van der Waals surface area contributed by atoms with Gasteiger partial charge in [0, 0.05) is 17.0 Å². The van der Waals surface area contributed by atoms with Gasteiger partial charge in [-0.3, -0.25) is 4.21 Å². The molecule has 0 spiro atoms. The molecule has 1 N–H and O–H groups in total. The third kappa shape index (κ3) is 2.67. The van der Waals surface area contributed by atoms with Gasteiger partial charge in [0.15, 0.2) is 11.5 Å². The first-order valence-corrected chi connectivity index (χ1v) is 7.32. The highest BCUT2D eigenvalue weighted by Gasteiger charge is 2.21. The van der Waals surface area contributed by atoms with E-state index in [2.05, 4.69) is 5.32 Å². The molecular formula is C13H19NO3S. The van der Waals surface area contributed by atoms with Crippen LogP contribution in [0.25, 0.3) is 0 Å².